The van der Waals surface area contributed by atoms with Crippen molar-refractivity contribution >= 4 is 47.2 Å². The maximum absolute atomic E-state index is 12.9. The highest BCUT2D eigenvalue weighted by Crippen LogP contribution is 2.23. The maximum Gasteiger partial charge on any atom is 0.335 e. The number of imide groups is 2. The van der Waals surface area contributed by atoms with Crippen LogP contribution in [0.5, 0.6) is 0 Å². The molecule has 3 aromatic rings. The van der Waals surface area contributed by atoms with E-state index in [1.807, 2.05) is 0 Å². The van der Waals surface area contributed by atoms with Gasteiger partial charge in [0.05, 0.1) is 12.0 Å². The highest BCUT2D eigenvalue weighted by atomic mass is 16.3. The number of hydrogen-bond donors (Lipinski definition) is 3. The molecule has 2 aromatic carbocycles. The Morgan fingerprint density at radius 2 is 1.74 bits per heavy atom. The molecule has 6 amide bonds. The van der Waals surface area contributed by atoms with Crippen LogP contribution in [-0.2, 0) is 9.59 Å². The molecular formula is C24H19N5O6. The molecule has 0 radical (unpaired) electrons. The summed E-state index contributed by atoms with van der Waals surface area (Å²) in [7, 11) is 0. The maximum atomic E-state index is 12.9. The summed E-state index contributed by atoms with van der Waals surface area (Å²) < 4.78 is 5.02. The number of nitrogens with zero attached hydrogens (tertiary/aromatic N) is 2. The average molecular weight is 473 g/mol. The van der Waals surface area contributed by atoms with Gasteiger partial charge in [-0.25, -0.2) is 15.1 Å². The van der Waals surface area contributed by atoms with Crippen LogP contribution in [0.2, 0.25) is 0 Å². The molecule has 0 unspecified atom stereocenters. The van der Waals surface area contributed by atoms with Gasteiger partial charge in [-0.3, -0.25) is 24.5 Å². The molecule has 1 fully saturated rings. The van der Waals surface area contributed by atoms with Gasteiger partial charge < -0.3 is 9.73 Å². The smallest absolute Gasteiger partial charge is 0.335 e. The first-order valence-electron chi connectivity index (χ1n) is 10.4. The van der Waals surface area contributed by atoms with Crippen LogP contribution < -0.4 is 21.0 Å². The van der Waals surface area contributed by atoms with E-state index in [1.165, 1.54) is 36.6 Å². The number of barbiturate groups is 1. The number of furan rings is 1. The van der Waals surface area contributed by atoms with Crippen LogP contribution in [0, 0.1) is 12.8 Å². The fourth-order valence-corrected chi connectivity index (χ4v) is 3.30. The Labute approximate surface area is 198 Å². The number of nitrogens with one attached hydrogen (secondary N) is 3. The number of benzene rings is 2. The highest BCUT2D eigenvalue weighted by molar-refractivity contribution is 6.32. The number of para-hydroxylation sites is 1. The third kappa shape index (κ3) is 4.98. The van der Waals surface area contributed by atoms with Gasteiger partial charge >= 0.3 is 6.03 Å². The second-order valence-corrected chi connectivity index (χ2v) is 7.46. The number of hydrazone groups is 1. The Hall–Kier alpha value is -5.06. The van der Waals surface area contributed by atoms with Crippen molar-refractivity contribution in [3.05, 3.63) is 83.8 Å². The molecule has 11 nitrogen and oxygen atoms in total. The van der Waals surface area contributed by atoms with Crippen LogP contribution >= 0.6 is 0 Å². The summed E-state index contributed by atoms with van der Waals surface area (Å²) in [5.41, 5.74) is 3.90. The zero-order chi connectivity index (χ0) is 24.9. The zero-order valence-electron chi connectivity index (χ0n) is 18.3. The number of carbonyl (C=O) groups is 5. The minimum absolute atomic E-state index is 0.144. The summed E-state index contributed by atoms with van der Waals surface area (Å²) in [5.74, 6) is -3.95. The minimum atomic E-state index is -1.41. The van der Waals surface area contributed by atoms with E-state index in [4.69, 9.17) is 4.42 Å². The Morgan fingerprint density at radius 1 is 1.00 bits per heavy atom. The van der Waals surface area contributed by atoms with Crippen molar-refractivity contribution in [1.29, 1.82) is 0 Å². The summed E-state index contributed by atoms with van der Waals surface area (Å²) in [6, 6.07) is 14.9. The Morgan fingerprint density at radius 3 is 2.43 bits per heavy atom. The predicted octanol–water partition coefficient (Wildman–Crippen LogP) is 2.46. The Kier molecular flexibility index (Phi) is 6.49. The molecule has 35 heavy (non-hydrogen) atoms. The van der Waals surface area contributed by atoms with Gasteiger partial charge in [0.25, 0.3) is 17.7 Å². The molecular weight excluding hydrogens is 454 g/mol. The topological polar surface area (TPSA) is 150 Å². The third-order valence-electron chi connectivity index (χ3n) is 5.10. The summed E-state index contributed by atoms with van der Waals surface area (Å²) in [6.45, 7) is 1.73. The summed E-state index contributed by atoms with van der Waals surface area (Å²) in [5, 5.41) is 8.47. The number of aryl methyl sites for hydroxylation is 1. The highest BCUT2D eigenvalue weighted by Gasteiger charge is 2.41. The average Bonchev–Trinajstić information content (AvgIpc) is 3.38. The zero-order valence-corrected chi connectivity index (χ0v) is 18.3. The van der Waals surface area contributed by atoms with Gasteiger partial charge in [-0.05, 0) is 55.0 Å². The lowest BCUT2D eigenvalue weighted by atomic mass is 10.0. The molecule has 0 saturated carbocycles. The number of urea groups is 1. The van der Waals surface area contributed by atoms with E-state index in [1.54, 1.807) is 37.3 Å². The van der Waals surface area contributed by atoms with E-state index in [-0.39, 0.29) is 11.3 Å². The lowest BCUT2D eigenvalue weighted by Gasteiger charge is -2.29. The number of hydrogen-bond acceptors (Lipinski definition) is 7. The van der Waals surface area contributed by atoms with Crippen molar-refractivity contribution in [2.45, 2.75) is 6.92 Å². The van der Waals surface area contributed by atoms with Crippen molar-refractivity contribution in [3.8, 4) is 0 Å². The first-order chi connectivity index (χ1) is 16.8. The van der Waals surface area contributed by atoms with Crippen LogP contribution in [0.25, 0.3) is 0 Å². The van der Waals surface area contributed by atoms with E-state index in [0.717, 1.165) is 11.1 Å². The lowest BCUT2D eigenvalue weighted by Crippen LogP contribution is -2.59. The van der Waals surface area contributed by atoms with Gasteiger partial charge in [0.15, 0.2) is 11.7 Å². The van der Waals surface area contributed by atoms with Gasteiger partial charge in [0, 0.05) is 17.5 Å². The predicted molar refractivity (Wildman–Crippen MR) is 125 cm³/mol. The second kappa shape index (κ2) is 9.83. The molecule has 3 N–H and O–H groups in total. The van der Waals surface area contributed by atoms with Gasteiger partial charge in [0.2, 0.25) is 5.91 Å². The second-order valence-electron chi connectivity index (χ2n) is 7.46. The molecule has 1 aliphatic rings. The quantitative estimate of drug-likeness (QED) is 0.284. The number of rotatable bonds is 6. The Balaban J connectivity index is 1.39. The number of carbonyl (C=O) groups excluding carboxylic acids is 5. The van der Waals surface area contributed by atoms with Gasteiger partial charge in [-0.1, -0.05) is 18.2 Å². The van der Waals surface area contributed by atoms with Crippen LogP contribution in [-0.4, -0.2) is 35.9 Å². The van der Waals surface area contributed by atoms with E-state index in [0.29, 0.717) is 16.9 Å². The van der Waals surface area contributed by atoms with Crippen LogP contribution in [0.4, 0.5) is 16.2 Å². The van der Waals surface area contributed by atoms with E-state index in [2.05, 4.69) is 21.2 Å². The van der Waals surface area contributed by atoms with E-state index >= 15 is 0 Å². The monoisotopic (exact) mass is 473 g/mol. The molecule has 4 rings (SSSR count). The SMILES string of the molecule is Cc1ccccc1N1C(=O)NC(=O)[C@@H](/C=N\NC(=O)c2ccc(NC(=O)c3ccco3)cc2)C1=O. The van der Waals surface area contributed by atoms with E-state index in [9.17, 15) is 24.0 Å². The van der Waals surface area contributed by atoms with Crippen molar-refractivity contribution < 1.29 is 28.4 Å². The van der Waals surface area contributed by atoms with Crippen molar-refractivity contribution in [1.82, 2.24) is 10.7 Å². The minimum Gasteiger partial charge on any atom is -0.459 e. The van der Waals surface area contributed by atoms with Crippen molar-refractivity contribution in [2.24, 2.45) is 11.0 Å². The third-order valence-corrected chi connectivity index (χ3v) is 5.10. The molecule has 1 aromatic heterocycles. The molecule has 1 aliphatic heterocycles. The standard InChI is InChI=1S/C24H19N5O6/c1-14-5-2-3-6-18(14)29-23(33)17(21(31)27-24(29)34)13-25-28-20(30)15-8-10-16(11-9-15)26-22(32)19-7-4-12-35-19/h2-13,17H,1H3,(H,26,32)(H,28,30)(H,27,31,34)/b25-13-/t17-/m1/s1. The lowest BCUT2D eigenvalue weighted by molar-refractivity contribution is -0.131. The molecule has 11 heteroatoms. The molecule has 2 heterocycles. The number of amides is 6. The summed E-state index contributed by atoms with van der Waals surface area (Å²) in [4.78, 5) is 62.6. The molecule has 176 valence electrons. The normalized spacial score (nSPS) is 15.7. The molecule has 0 spiro atoms. The largest absolute Gasteiger partial charge is 0.459 e. The van der Waals surface area contributed by atoms with Gasteiger partial charge in [0.1, 0.15) is 0 Å². The number of anilines is 2. The summed E-state index contributed by atoms with van der Waals surface area (Å²) in [6.07, 6.45) is 2.34. The first kappa shape index (κ1) is 23.1. The van der Waals surface area contributed by atoms with Crippen molar-refractivity contribution in [3.63, 3.8) is 0 Å². The fourth-order valence-electron chi connectivity index (χ4n) is 3.30. The molecule has 1 saturated heterocycles. The Bertz CT molecular complexity index is 1330. The van der Waals surface area contributed by atoms with Crippen LogP contribution in [0.15, 0.2) is 76.4 Å². The van der Waals surface area contributed by atoms with Crippen molar-refractivity contribution in [2.75, 3.05) is 10.2 Å². The summed E-state index contributed by atoms with van der Waals surface area (Å²) >= 11 is 0. The van der Waals surface area contributed by atoms with Gasteiger partial charge in [-0.2, -0.15) is 5.10 Å². The molecule has 0 aliphatic carbocycles. The van der Waals surface area contributed by atoms with Crippen LogP contribution in [0.1, 0.15) is 26.5 Å². The van der Waals surface area contributed by atoms with Gasteiger partial charge in [-0.15, -0.1) is 0 Å². The van der Waals surface area contributed by atoms with E-state index < -0.39 is 35.6 Å². The first-order valence-corrected chi connectivity index (χ1v) is 10.4. The molecule has 0 bridgehead atoms. The fraction of sp³-hybridized carbons (Fsp3) is 0.0833. The van der Waals surface area contributed by atoms with Crippen LogP contribution in [0.3, 0.4) is 0 Å². The molecule has 1 atom stereocenters.